The van der Waals surface area contributed by atoms with Gasteiger partial charge < -0.3 is 0 Å². The Kier molecular flexibility index (Phi) is 6.88. The molecule has 0 amide bonds. The number of aromatic nitrogens is 2. The normalized spacial score (nSPS) is 20.3. The number of hydrogen-bond acceptors (Lipinski definition) is 5. The molecule has 32 heavy (non-hydrogen) atoms. The zero-order valence-electron chi connectivity index (χ0n) is 18.4. The molecule has 0 unspecified atom stereocenters. The van der Waals surface area contributed by atoms with E-state index in [1.807, 2.05) is 37.3 Å². The number of rotatable bonds is 7. The van der Waals surface area contributed by atoms with Gasteiger partial charge in [-0.25, -0.2) is 21.6 Å². The second kappa shape index (κ2) is 9.49. The molecule has 1 aromatic carbocycles. The average Bonchev–Trinajstić information content (AvgIpc) is 3.08. The van der Waals surface area contributed by atoms with Gasteiger partial charge in [0.05, 0.1) is 29.4 Å². The maximum Gasteiger partial charge on any atom is 0.234 e. The number of hydrogen-bond donors (Lipinski definition) is 1. The summed E-state index contributed by atoms with van der Waals surface area (Å²) in [5, 5.41) is 5.79. The van der Waals surface area contributed by atoms with Crippen LogP contribution in [-0.4, -0.2) is 38.4 Å². The molecule has 1 N–H and O–H groups in total. The van der Waals surface area contributed by atoms with Gasteiger partial charge in [-0.05, 0) is 37.3 Å². The van der Waals surface area contributed by atoms with Crippen LogP contribution in [0.15, 0.2) is 35.7 Å². The van der Waals surface area contributed by atoms with Crippen LogP contribution in [0.25, 0.3) is 6.08 Å². The Balaban J connectivity index is 1.60. The third-order valence-electron chi connectivity index (χ3n) is 6.48. The van der Waals surface area contributed by atoms with Crippen molar-refractivity contribution in [1.82, 2.24) is 14.5 Å². The van der Waals surface area contributed by atoms with Crippen LogP contribution < -0.4 is 4.72 Å². The first-order chi connectivity index (χ1) is 15.2. The van der Waals surface area contributed by atoms with Gasteiger partial charge >= 0.3 is 0 Å². The Hall–Kier alpha value is -1.97. The molecule has 1 atom stereocenters. The fraction of sp³-hybridized carbons (Fsp3) is 0.522. The third-order valence-corrected chi connectivity index (χ3v) is 9.23. The Bertz CT molecular complexity index is 1180. The summed E-state index contributed by atoms with van der Waals surface area (Å²) in [5.74, 6) is 0.320. The van der Waals surface area contributed by atoms with Crippen molar-refractivity contribution in [2.45, 2.75) is 63.8 Å². The second-order valence-corrected chi connectivity index (χ2v) is 12.7. The number of aryl methyl sites for hydroxylation is 1. The van der Waals surface area contributed by atoms with Crippen LogP contribution in [0.2, 0.25) is 0 Å². The number of fused-ring (bicyclic) bond motifs is 1. The van der Waals surface area contributed by atoms with E-state index in [1.54, 1.807) is 4.68 Å². The Morgan fingerprint density at radius 1 is 1.19 bits per heavy atom. The number of benzene rings is 1. The molecule has 2 aliphatic rings. The van der Waals surface area contributed by atoms with Crippen molar-refractivity contribution in [2.24, 2.45) is 5.92 Å². The minimum atomic E-state index is -3.67. The molecule has 0 saturated heterocycles. The van der Waals surface area contributed by atoms with E-state index in [0.717, 1.165) is 42.3 Å². The highest BCUT2D eigenvalue weighted by molar-refractivity contribution is 7.92. The maximum absolute atomic E-state index is 12.8. The zero-order valence-corrected chi connectivity index (χ0v) is 20.0. The van der Waals surface area contributed by atoms with Crippen molar-refractivity contribution in [2.75, 3.05) is 5.75 Å². The van der Waals surface area contributed by atoms with Gasteiger partial charge in [-0.3, -0.25) is 4.68 Å². The van der Waals surface area contributed by atoms with E-state index < -0.39 is 19.9 Å². The molecule has 0 bridgehead atoms. The van der Waals surface area contributed by atoms with Gasteiger partial charge in [-0.15, -0.1) is 0 Å². The molecule has 2 heterocycles. The lowest BCUT2D eigenvalue weighted by Gasteiger charge is -2.27. The van der Waals surface area contributed by atoms with Crippen LogP contribution >= 0.6 is 0 Å². The molecule has 0 radical (unpaired) electrons. The lowest BCUT2D eigenvalue weighted by Crippen LogP contribution is -2.37. The Labute approximate surface area is 190 Å². The second-order valence-electron chi connectivity index (χ2n) is 8.95. The molecule has 9 heteroatoms. The summed E-state index contributed by atoms with van der Waals surface area (Å²) >= 11 is 0. The summed E-state index contributed by atoms with van der Waals surface area (Å²) in [7, 11) is -6.89. The molecule has 1 fully saturated rings. The minimum absolute atomic E-state index is 0.0737. The Morgan fingerprint density at radius 3 is 2.62 bits per heavy atom. The largest absolute Gasteiger partial charge is 0.260 e. The molecule has 174 valence electrons. The van der Waals surface area contributed by atoms with Gasteiger partial charge in [0.15, 0.2) is 9.84 Å². The highest BCUT2D eigenvalue weighted by Crippen LogP contribution is 2.28. The number of nitrogens with one attached hydrogen (secondary N) is 1. The van der Waals surface area contributed by atoms with Crippen molar-refractivity contribution >= 4 is 25.9 Å². The van der Waals surface area contributed by atoms with E-state index >= 15 is 0 Å². The monoisotopic (exact) mass is 477 g/mol. The van der Waals surface area contributed by atoms with Gasteiger partial charge in [0.2, 0.25) is 10.0 Å². The van der Waals surface area contributed by atoms with Crippen LogP contribution in [0.4, 0.5) is 0 Å². The molecule has 1 aromatic heterocycles. The number of sulfone groups is 1. The quantitative estimate of drug-likeness (QED) is 0.660. The summed E-state index contributed by atoms with van der Waals surface area (Å²) in [6.07, 6.45) is 7.45. The van der Waals surface area contributed by atoms with Gasteiger partial charge in [-0.2, -0.15) is 5.10 Å². The predicted octanol–water partition coefficient (Wildman–Crippen LogP) is 3.26. The van der Waals surface area contributed by atoms with Crippen LogP contribution in [0, 0.1) is 5.92 Å². The zero-order chi connectivity index (χ0) is 22.8. The Morgan fingerprint density at radius 2 is 1.91 bits per heavy atom. The van der Waals surface area contributed by atoms with Gasteiger partial charge in [0, 0.05) is 23.4 Å². The molecular formula is C23H31N3O4S2. The van der Waals surface area contributed by atoms with E-state index in [1.165, 1.54) is 12.5 Å². The molecule has 0 spiro atoms. The minimum Gasteiger partial charge on any atom is -0.260 e. The molecule has 7 nitrogen and oxygen atoms in total. The number of nitrogens with zero attached hydrogens (tertiary/aromatic N) is 2. The van der Waals surface area contributed by atoms with Crippen molar-refractivity contribution < 1.29 is 16.8 Å². The summed E-state index contributed by atoms with van der Waals surface area (Å²) in [6, 6.07) is 9.59. The first-order valence-electron chi connectivity index (χ1n) is 11.3. The van der Waals surface area contributed by atoms with Crippen molar-refractivity contribution in [3.8, 4) is 0 Å². The standard InChI is InChI=1S/C23H31N3O4S2/c1-18(20-10-6-3-7-11-20)25-32(29,30)15-13-23-21-17-31(27,28)14-12-22(21)24-26(23)16-19-8-4-2-5-9-19/h2,4-5,8-9,13,15,18,20,25H,3,6-7,10-12,14,16-17H2,1H3/b15-13+/t18-/m0/s1. The van der Waals surface area contributed by atoms with Crippen molar-refractivity contribution in [1.29, 1.82) is 0 Å². The van der Waals surface area contributed by atoms with E-state index in [0.29, 0.717) is 30.1 Å². The topological polar surface area (TPSA) is 98.1 Å². The maximum atomic E-state index is 12.8. The highest BCUT2D eigenvalue weighted by Gasteiger charge is 2.28. The van der Waals surface area contributed by atoms with Gasteiger partial charge in [0.1, 0.15) is 0 Å². The van der Waals surface area contributed by atoms with E-state index in [9.17, 15) is 16.8 Å². The molecule has 1 saturated carbocycles. The van der Waals surface area contributed by atoms with Crippen LogP contribution in [0.3, 0.4) is 0 Å². The van der Waals surface area contributed by atoms with Crippen molar-refractivity contribution in [3.63, 3.8) is 0 Å². The van der Waals surface area contributed by atoms with E-state index in [2.05, 4.69) is 9.82 Å². The fourth-order valence-corrected chi connectivity index (χ4v) is 7.21. The fourth-order valence-electron chi connectivity index (χ4n) is 4.71. The lowest BCUT2D eigenvalue weighted by molar-refractivity contribution is 0.303. The van der Waals surface area contributed by atoms with Crippen molar-refractivity contribution in [3.05, 3.63) is 58.3 Å². The first kappa shape index (κ1) is 23.2. The molecule has 4 rings (SSSR count). The highest BCUT2D eigenvalue weighted by atomic mass is 32.2. The lowest BCUT2D eigenvalue weighted by atomic mass is 9.85. The SMILES string of the molecule is C[C@H](NS(=O)(=O)/C=C/c1c2c(nn1Cc1ccccc1)CCS(=O)(=O)C2)C1CCCCC1. The molecule has 2 aromatic rings. The smallest absolute Gasteiger partial charge is 0.234 e. The summed E-state index contributed by atoms with van der Waals surface area (Å²) in [5.41, 5.74) is 2.90. The van der Waals surface area contributed by atoms with Gasteiger partial charge in [0.25, 0.3) is 0 Å². The summed E-state index contributed by atoms with van der Waals surface area (Å²) in [4.78, 5) is 0. The van der Waals surface area contributed by atoms with Crippen LogP contribution in [-0.2, 0) is 38.6 Å². The summed E-state index contributed by atoms with van der Waals surface area (Å²) < 4.78 is 54.6. The average molecular weight is 478 g/mol. The molecular weight excluding hydrogens is 446 g/mol. The van der Waals surface area contributed by atoms with Gasteiger partial charge in [-0.1, -0.05) is 49.6 Å². The summed E-state index contributed by atoms with van der Waals surface area (Å²) in [6.45, 7) is 2.37. The van der Waals surface area contributed by atoms with Crippen LogP contribution in [0.5, 0.6) is 0 Å². The molecule has 1 aliphatic carbocycles. The number of sulfonamides is 1. The van der Waals surface area contributed by atoms with E-state index in [4.69, 9.17) is 0 Å². The van der Waals surface area contributed by atoms with E-state index in [-0.39, 0.29) is 17.5 Å². The third kappa shape index (κ3) is 5.68. The molecule has 1 aliphatic heterocycles. The predicted molar refractivity (Wildman–Crippen MR) is 126 cm³/mol. The first-order valence-corrected chi connectivity index (χ1v) is 14.6. The van der Waals surface area contributed by atoms with Crippen LogP contribution in [0.1, 0.15) is 61.5 Å².